The van der Waals surface area contributed by atoms with Crippen molar-refractivity contribution in [2.45, 2.75) is 38.7 Å². The minimum atomic E-state index is -4.51. The fourth-order valence-corrected chi connectivity index (χ4v) is 2.94. The molecule has 122 valence electrons. The number of benzene rings is 1. The Labute approximate surface area is 127 Å². The van der Waals surface area contributed by atoms with Crippen molar-refractivity contribution in [3.05, 3.63) is 34.9 Å². The zero-order valence-corrected chi connectivity index (χ0v) is 12.6. The summed E-state index contributed by atoms with van der Waals surface area (Å²) in [7, 11) is 0. The Kier molecular flexibility index (Phi) is 4.77. The number of nitrogens with two attached hydrogens (primary N) is 1. The van der Waals surface area contributed by atoms with Crippen LogP contribution >= 0.6 is 0 Å². The summed E-state index contributed by atoms with van der Waals surface area (Å²) in [4.78, 5) is 13.1. The second kappa shape index (κ2) is 6.26. The highest BCUT2D eigenvalue weighted by Gasteiger charge is 2.34. The van der Waals surface area contributed by atoms with Gasteiger partial charge in [0.2, 0.25) is 5.91 Å². The highest BCUT2D eigenvalue weighted by Crippen LogP contribution is 2.33. The van der Waals surface area contributed by atoms with Crippen molar-refractivity contribution in [1.82, 2.24) is 10.2 Å². The maximum Gasteiger partial charge on any atom is 0.416 e. The largest absolute Gasteiger partial charge is 0.416 e. The molecule has 1 saturated heterocycles. The van der Waals surface area contributed by atoms with Crippen LogP contribution in [0, 0.1) is 0 Å². The highest BCUT2D eigenvalue weighted by molar-refractivity contribution is 5.93. The molecule has 22 heavy (non-hydrogen) atoms. The molecule has 1 aromatic rings. The quantitative estimate of drug-likeness (QED) is 0.897. The number of carbonyl (C=O) groups is 1. The van der Waals surface area contributed by atoms with Crippen molar-refractivity contribution in [2.75, 3.05) is 13.1 Å². The van der Waals surface area contributed by atoms with Crippen LogP contribution in [0.2, 0.25) is 0 Å². The number of carbonyl (C=O) groups excluding carboxylic acids is 1. The third kappa shape index (κ3) is 3.98. The number of halogens is 3. The van der Waals surface area contributed by atoms with Gasteiger partial charge in [0.15, 0.2) is 0 Å². The average Bonchev–Trinajstić information content (AvgIpc) is 2.36. The maximum atomic E-state index is 13.2. The standard InChI is InChI=1S/C15H20F3N3O/c1-9-6-21(7-10(2)20-9)8-12-4-3-11(14(19)22)5-13(12)15(16,17)18/h3-5,9-10,20H,6-8H2,1-2H3,(H2,19,22). The van der Waals surface area contributed by atoms with E-state index >= 15 is 0 Å². The van der Waals surface area contributed by atoms with Gasteiger partial charge in [-0.1, -0.05) is 6.07 Å². The molecule has 3 N–H and O–H groups in total. The first-order chi connectivity index (χ1) is 10.2. The van der Waals surface area contributed by atoms with Gasteiger partial charge in [-0.05, 0) is 31.5 Å². The predicted molar refractivity (Wildman–Crippen MR) is 77.3 cm³/mol. The van der Waals surface area contributed by atoms with Gasteiger partial charge in [0.25, 0.3) is 0 Å². The van der Waals surface area contributed by atoms with Gasteiger partial charge >= 0.3 is 6.18 Å². The van der Waals surface area contributed by atoms with E-state index in [1.54, 1.807) is 0 Å². The monoisotopic (exact) mass is 315 g/mol. The van der Waals surface area contributed by atoms with Crippen LogP contribution < -0.4 is 11.1 Å². The van der Waals surface area contributed by atoms with E-state index in [-0.39, 0.29) is 29.8 Å². The number of alkyl halides is 3. The van der Waals surface area contributed by atoms with Gasteiger partial charge in [-0.15, -0.1) is 0 Å². The number of hydrogen-bond donors (Lipinski definition) is 2. The third-order valence-electron chi connectivity index (χ3n) is 3.73. The third-order valence-corrected chi connectivity index (χ3v) is 3.73. The molecule has 0 aliphatic carbocycles. The fourth-order valence-electron chi connectivity index (χ4n) is 2.94. The van der Waals surface area contributed by atoms with E-state index in [9.17, 15) is 18.0 Å². The molecule has 0 aromatic heterocycles. The van der Waals surface area contributed by atoms with E-state index in [0.29, 0.717) is 13.1 Å². The average molecular weight is 315 g/mol. The van der Waals surface area contributed by atoms with E-state index in [1.807, 2.05) is 18.7 Å². The molecule has 1 aliphatic heterocycles. The number of amides is 1. The van der Waals surface area contributed by atoms with Crippen molar-refractivity contribution in [3.63, 3.8) is 0 Å². The van der Waals surface area contributed by atoms with E-state index in [1.165, 1.54) is 12.1 Å². The summed E-state index contributed by atoms with van der Waals surface area (Å²) in [5.41, 5.74) is 4.32. The molecule has 0 spiro atoms. The fraction of sp³-hybridized carbons (Fsp3) is 0.533. The maximum absolute atomic E-state index is 13.2. The van der Waals surface area contributed by atoms with Gasteiger partial charge in [-0.3, -0.25) is 9.69 Å². The van der Waals surface area contributed by atoms with E-state index in [0.717, 1.165) is 6.07 Å². The number of nitrogens with one attached hydrogen (secondary N) is 1. The summed E-state index contributed by atoms with van der Waals surface area (Å²) in [5.74, 6) is -0.860. The molecule has 1 aliphatic rings. The van der Waals surface area contributed by atoms with Crippen LogP contribution in [-0.4, -0.2) is 36.0 Å². The lowest BCUT2D eigenvalue weighted by atomic mass is 10.0. The zero-order chi connectivity index (χ0) is 16.5. The molecule has 2 rings (SSSR count). The molecule has 2 atom stereocenters. The second-order valence-corrected chi connectivity index (χ2v) is 5.90. The van der Waals surface area contributed by atoms with Crippen molar-refractivity contribution >= 4 is 5.91 Å². The summed E-state index contributed by atoms with van der Waals surface area (Å²) >= 11 is 0. The predicted octanol–water partition coefficient (Wildman–Crippen LogP) is 1.99. The minimum Gasteiger partial charge on any atom is -0.366 e. The van der Waals surface area contributed by atoms with E-state index < -0.39 is 17.6 Å². The number of piperazine rings is 1. The van der Waals surface area contributed by atoms with Gasteiger partial charge in [-0.2, -0.15) is 13.2 Å². The molecule has 1 amide bonds. The number of primary amides is 1. The van der Waals surface area contributed by atoms with Crippen molar-refractivity contribution in [2.24, 2.45) is 5.73 Å². The Bertz CT molecular complexity index is 549. The van der Waals surface area contributed by atoms with Gasteiger partial charge in [0.05, 0.1) is 5.56 Å². The van der Waals surface area contributed by atoms with Crippen LogP contribution in [0.25, 0.3) is 0 Å². The Balaban J connectivity index is 2.28. The molecular weight excluding hydrogens is 295 g/mol. The zero-order valence-electron chi connectivity index (χ0n) is 12.6. The molecule has 1 aromatic carbocycles. The number of hydrogen-bond acceptors (Lipinski definition) is 3. The van der Waals surface area contributed by atoms with Crippen molar-refractivity contribution in [3.8, 4) is 0 Å². The summed E-state index contributed by atoms with van der Waals surface area (Å²) < 4.78 is 39.6. The van der Waals surface area contributed by atoms with Crippen LogP contribution in [0.1, 0.15) is 35.3 Å². The molecule has 7 heteroatoms. The topological polar surface area (TPSA) is 58.4 Å². The minimum absolute atomic E-state index is 0.127. The molecule has 2 unspecified atom stereocenters. The molecule has 0 saturated carbocycles. The molecular formula is C15H20F3N3O. The van der Waals surface area contributed by atoms with Gasteiger partial charge < -0.3 is 11.1 Å². The molecule has 4 nitrogen and oxygen atoms in total. The summed E-state index contributed by atoms with van der Waals surface area (Å²) in [6.45, 7) is 5.57. The van der Waals surface area contributed by atoms with Crippen LogP contribution in [0.5, 0.6) is 0 Å². The summed E-state index contributed by atoms with van der Waals surface area (Å²) in [6.07, 6.45) is -4.51. The number of rotatable bonds is 3. The molecule has 0 radical (unpaired) electrons. The lowest BCUT2D eigenvalue weighted by Crippen LogP contribution is -2.53. The number of nitrogens with zero attached hydrogens (tertiary/aromatic N) is 1. The molecule has 1 fully saturated rings. The second-order valence-electron chi connectivity index (χ2n) is 5.90. The first kappa shape index (κ1) is 16.8. The van der Waals surface area contributed by atoms with E-state index in [2.05, 4.69) is 5.32 Å². The van der Waals surface area contributed by atoms with Crippen LogP contribution in [0.3, 0.4) is 0 Å². The van der Waals surface area contributed by atoms with Crippen molar-refractivity contribution in [1.29, 1.82) is 0 Å². The van der Waals surface area contributed by atoms with Gasteiger partial charge in [0, 0.05) is 37.3 Å². The van der Waals surface area contributed by atoms with Gasteiger partial charge in [0.1, 0.15) is 0 Å². The normalized spacial score (nSPS) is 23.5. The summed E-state index contributed by atoms with van der Waals surface area (Å²) in [5, 5.41) is 3.34. The Morgan fingerprint density at radius 3 is 2.41 bits per heavy atom. The van der Waals surface area contributed by atoms with Crippen LogP contribution in [-0.2, 0) is 12.7 Å². The van der Waals surface area contributed by atoms with Crippen LogP contribution in [0.15, 0.2) is 18.2 Å². The molecule has 0 bridgehead atoms. The van der Waals surface area contributed by atoms with Gasteiger partial charge in [-0.25, -0.2) is 0 Å². The van der Waals surface area contributed by atoms with E-state index in [4.69, 9.17) is 5.73 Å². The SMILES string of the molecule is CC1CN(Cc2ccc(C(N)=O)cc2C(F)(F)F)CC(C)N1. The van der Waals surface area contributed by atoms with Crippen LogP contribution in [0.4, 0.5) is 13.2 Å². The molecule has 1 heterocycles. The lowest BCUT2D eigenvalue weighted by Gasteiger charge is -2.36. The lowest BCUT2D eigenvalue weighted by molar-refractivity contribution is -0.138. The first-order valence-corrected chi connectivity index (χ1v) is 7.15. The highest BCUT2D eigenvalue weighted by atomic mass is 19.4. The Morgan fingerprint density at radius 1 is 1.32 bits per heavy atom. The Morgan fingerprint density at radius 2 is 1.91 bits per heavy atom. The summed E-state index contributed by atoms with van der Waals surface area (Å²) in [6, 6.07) is 3.99. The first-order valence-electron chi connectivity index (χ1n) is 7.15. The van der Waals surface area contributed by atoms with Crippen molar-refractivity contribution < 1.29 is 18.0 Å². The smallest absolute Gasteiger partial charge is 0.366 e. The Hall–Kier alpha value is -1.60.